The number of aromatic nitrogens is 4. The van der Waals surface area contributed by atoms with Gasteiger partial charge >= 0.3 is 0 Å². The van der Waals surface area contributed by atoms with Gasteiger partial charge in [0.15, 0.2) is 22.7 Å². The lowest BCUT2D eigenvalue weighted by Crippen LogP contribution is -2.29. The van der Waals surface area contributed by atoms with Gasteiger partial charge in [0.2, 0.25) is 5.91 Å². The first-order chi connectivity index (χ1) is 15.3. The van der Waals surface area contributed by atoms with Gasteiger partial charge in [0.1, 0.15) is 5.75 Å². The second-order valence-electron chi connectivity index (χ2n) is 7.39. The molecule has 0 unspecified atom stereocenters. The highest BCUT2D eigenvalue weighted by atomic mass is 32.2. The van der Waals surface area contributed by atoms with Crippen molar-refractivity contribution in [2.45, 2.75) is 38.4 Å². The SMILES string of the molecule is Cc1ccc(C(C)C)c(OCC(=O)NCc2nnc(SCC(=O)Nc3nccs3)n2C)c1. The molecule has 2 N–H and O–H groups in total. The number of rotatable bonds is 10. The number of thiazole rings is 1. The average Bonchev–Trinajstić information content (AvgIpc) is 3.38. The van der Waals surface area contributed by atoms with E-state index in [0.717, 1.165) is 16.9 Å². The molecule has 1 aromatic carbocycles. The molecule has 2 heterocycles. The van der Waals surface area contributed by atoms with Crippen LogP contribution in [0.3, 0.4) is 0 Å². The Morgan fingerprint density at radius 1 is 1.25 bits per heavy atom. The maximum atomic E-state index is 12.3. The highest BCUT2D eigenvalue weighted by Crippen LogP contribution is 2.27. The van der Waals surface area contributed by atoms with Gasteiger partial charge in [-0.25, -0.2) is 4.98 Å². The van der Waals surface area contributed by atoms with Crippen molar-refractivity contribution < 1.29 is 14.3 Å². The Bertz CT molecular complexity index is 1070. The predicted octanol–water partition coefficient (Wildman–Crippen LogP) is 3.13. The first-order valence-corrected chi connectivity index (χ1v) is 11.9. The summed E-state index contributed by atoms with van der Waals surface area (Å²) in [6, 6.07) is 6.01. The van der Waals surface area contributed by atoms with Crippen LogP contribution in [0.4, 0.5) is 5.13 Å². The number of carbonyl (C=O) groups is 2. The average molecular weight is 475 g/mol. The summed E-state index contributed by atoms with van der Waals surface area (Å²) >= 11 is 2.62. The van der Waals surface area contributed by atoms with Crippen molar-refractivity contribution in [1.82, 2.24) is 25.1 Å². The van der Waals surface area contributed by atoms with Crippen molar-refractivity contribution in [1.29, 1.82) is 0 Å². The van der Waals surface area contributed by atoms with Crippen LogP contribution in [0.5, 0.6) is 5.75 Å². The zero-order valence-electron chi connectivity index (χ0n) is 18.4. The smallest absolute Gasteiger partial charge is 0.258 e. The van der Waals surface area contributed by atoms with Gasteiger partial charge < -0.3 is 19.9 Å². The third-order valence-corrected chi connectivity index (χ3v) is 6.24. The minimum Gasteiger partial charge on any atom is -0.483 e. The van der Waals surface area contributed by atoms with Gasteiger partial charge in [0.25, 0.3) is 5.91 Å². The Morgan fingerprint density at radius 2 is 2.06 bits per heavy atom. The molecule has 11 heteroatoms. The molecule has 2 aromatic heterocycles. The molecule has 0 bridgehead atoms. The van der Waals surface area contributed by atoms with E-state index in [1.54, 1.807) is 23.2 Å². The number of carbonyl (C=O) groups excluding carboxylic acids is 2. The Kier molecular flexibility index (Phi) is 8.23. The minimum atomic E-state index is -0.249. The summed E-state index contributed by atoms with van der Waals surface area (Å²) in [5, 5.41) is 16.7. The van der Waals surface area contributed by atoms with Gasteiger partial charge in [-0.05, 0) is 30.0 Å². The van der Waals surface area contributed by atoms with Crippen molar-refractivity contribution in [3.63, 3.8) is 0 Å². The minimum absolute atomic E-state index is 0.0838. The lowest BCUT2D eigenvalue weighted by Gasteiger charge is -2.14. The molecule has 0 aliphatic heterocycles. The topological polar surface area (TPSA) is 111 Å². The molecule has 9 nitrogen and oxygen atoms in total. The number of hydrogen-bond donors (Lipinski definition) is 2. The molecule has 0 aliphatic carbocycles. The van der Waals surface area contributed by atoms with Crippen LogP contribution in [0, 0.1) is 6.92 Å². The van der Waals surface area contributed by atoms with E-state index in [1.807, 2.05) is 25.1 Å². The van der Waals surface area contributed by atoms with Crippen molar-refractivity contribution in [3.05, 3.63) is 46.7 Å². The van der Waals surface area contributed by atoms with E-state index in [-0.39, 0.29) is 30.7 Å². The second kappa shape index (κ2) is 11.1. The summed E-state index contributed by atoms with van der Waals surface area (Å²) in [6.45, 7) is 6.29. The van der Waals surface area contributed by atoms with E-state index in [0.29, 0.717) is 22.0 Å². The van der Waals surface area contributed by atoms with Crippen molar-refractivity contribution >= 4 is 40.0 Å². The molecule has 3 rings (SSSR count). The van der Waals surface area contributed by atoms with Gasteiger partial charge in [-0.1, -0.05) is 37.7 Å². The Balaban J connectivity index is 1.47. The van der Waals surface area contributed by atoms with E-state index in [4.69, 9.17) is 4.74 Å². The molecule has 0 saturated carbocycles. The first-order valence-electron chi connectivity index (χ1n) is 10.0. The molecule has 0 fully saturated rings. The summed E-state index contributed by atoms with van der Waals surface area (Å²) in [7, 11) is 1.79. The summed E-state index contributed by atoms with van der Waals surface area (Å²) < 4.78 is 7.52. The summed E-state index contributed by atoms with van der Waals surface area (Å²) in [5.41, 5.74) is 2.14. The van der Waals surface area contributed by atoms with Crippen LogP contribution in [0.25, 0.3) is 0 Å². The van der Waals surface area contributed by atoms with Crippen molar-refractivity contribution in [3.8, 4) is 5.75 Å². The number of amides is 2. The normalized spacial score (nSPS) is 10.9. The summed E-state index contributed by atoms with van der Waals surface area (Å²) in [5.74, 6) is 1.37. The first kappa shape index (κ1) is 23.7. The third-order valence-electron chi connectivity index (χ3n) is 4.53. The van der Waals surface area contributed by atoms with E-state index >= 15 is 0 Å². The molecule has 0 atom stereocenters. The quantitative estimate of drug-likeness (QED) is 0.434. The largest absolute Gasteiger partial charge is 0.483 e. The number of aryl methyl sites for hydroxylation is 1. The van der Waals surface area contributed by atoms with Crippen molar-refractivity contribution in [2.24, 2.45) is 7.05 Å². The lowest BCUT2D eigenvalue weighted by atomic mass is 10.0. The Morgan fingerprint density at radius 3 is 2.78 bits per heavy atom. The van der Waals surface area contributed by atoms with Crippen LogP contribution in [-0.4, -0.2) is 43.9 Å². The number of anilines is 1. The molecular weight excluding hydrogens is 448 g/mol. The van der Waals surface area contributed by atoms with Crippen molar-refractivity contribution in [2.75, 3.05) is 17.7 Å². The fourth-order valence-electron chi connectivity index (χ4n) is 2.81. The Labute approximate surface area is 195 Å². The van der Waals surface area contributed by atoms with Crippen LogP contribution in [0.2, 0.25) is 0 Å². The predicted molar refractivity (Wildman–Crippen MR) is 125 cm³/mol. The van der Waals surface area contributed by atoms with Gasteiger partial charge in [-0.3, -0.25) is 9.59 Å². The molecule has 170 valence electrons. The summed E-state index contributed by atoms with van der Waals surface area (Å²) in [4.78, 5) is 28.3. The third kappa shape index (κ3) is 6.54. The number of hydrogen-bond acceptors (Lipinski definition) is 8. The fraction of sp³-hybridized carbons (Fsp3) is 0.381. The van der Waals surface area contributed by atoms with E-state index < -0.39 is 0 Å². The van der Waals surface area contributed by atoms with Crippen LogP contribution >= 0.6 is 23.1 Å². The second-order valence-corrected chi connectivity index (χ2v) is 9.23. The molecule has 3 aromatic rings. The summed E-state index contributed by atoms with van der Waals surface area (Å²) in [6.07, 6.45) is 1.63. The number of nitrogens with zero attached hydrogens (tertiary/aromatic N) is 4. The molecule has 0 radical (unpaired) electrons. The van der Waals surface area contributed by atoms with E-state index in [1.165, 1.54) is 23.1 Å². The molecule has 2 amide bonds. The van der Waals surface area contributed by atoms with Crippen LogP contribution in [-0.2, 0) is 23.2 Å². The molecular formula is C21H26N6O3S2. The van der Waals surface area contributed by atoms with Gasteiger partial charge in [0.05, 0.1) is 12.3 Å². The zero-order chi connectivity index (χ0) is 23.1. The molecule has 32 heavy (non-hydrogen) atoms. The monoisotopic (exact) mass is 474 g/mol. The molecule has 0 saturated heterocycles. The molecule has 0 spiro atoms. The van der Waals surface area contributed by atoms with E-state index in [2.05, 4.69) is 39.7 Å². The Hall–Kier alpha value is -2.92. The lowest BCUT2D eigenvalue weighted by molar-refractivity contribution is -0.123. The standard InChI is InChI=1S/C21H26N6O3S2/c1-13(2)15-6-5-14(3)9-16(15)30-11-18(28)23-10-17-25-26-21(27(17)4)32-12-19(29)24-20-22-7-8-31-20/h5-9,13H,10-12H2,1-4H3,(H,23,28)(H,22,24,29). The number of ether oxygens (including phenoxy) is 1. The number of benzene rings is 1. The van der Waals surface area contributed by atoms with Crippen LogP contribution < -0.4 is 15.4 Å². The van der Waals surface area contributed by atoms with Gasteiger partial charge in [0, 0.05) is 18.6 Å². The highest BCUT2D eigenvalue weighted by molar-refractivity contribution is 7.99. The number of nitrogens with one attached hydrogen (secondary N) is 2. The maximum absolute atomic E-state index is 12.3. The number of thioether (sulfide) groups is 1. The van der Waals surface area contributed by atoms with Crippen LogP contribution in [0.1, 0.15) is 36.7 Å². The molecule has 0 aliphatic rings. The fourth-order valence-corrected chi connectivity index (χ4v) is 4.09. The zero-order valence-corrected chi connectivity index (χ0v) is 20.0. The van der Waals surface area contributed by atoms with Gasteiger partial charge in [-0.15, -0.1) is 21.5 Å². The van der Waals surface area contributed by atoms with Crippen LogP contribution in [0.15, 0.2) is 34.9 Å². The van der Waals surface area contributed by atoms with E-state index in [9.17, 15) is 9.59 Å². The maximum Gasteiger partial charge on any atom is 0.258 e. The van der Waals surface area contributed by atoms with Gasteiger partial charge in [-0.2, -0.15) is 0 Å². The highest BCUT2D eigenvalue weighted by Gasteiger charge is 2.14.